The van der Waals surface area contributed by atoms with E-state index in [0.29, 0.717) is 29.2 Å². The highest BCUT2D eigenvalue weighted by Gasteiger charge is 2.15. The maximum absolute atomic E-state index is 12.6. The summed E-state index contributed by atoms with van der Waals surface area (Å²) in [5.41, 5.74) is 7.35. The zero-order chi connectivity index (χ0) is 21.5. The average Bonchev–Trinajstić information content (AvgIpc) is 2.75. The van der Waals surface area contributed by atoms with Crippen LogP contribution < -0.4 is 15.8 Å². The van der Waals surface area contributed by atoms with E-state index >= 15 is 0 Å². The Morgan fingerprint density at radius 1 is 0.867 bits per heavy atom. The van der Waals surface area contributed by atoms with Crippen LogP contribution in [0.25, 0.3) is 0 Å². The molecule has 0 saturated heterocycles. The topological polar surface area (TPSA) is 84.7 Å². The van der Waals surface area contributed by atoms with Crippen molar-refractivity contribution < 1.29 is 14.3 Å². The van der Waals surface area contributed by atoms with Crippen LogP contribution in [-0.2, 0) is 0 Å². The van der Waals surface area contributed by atoms with Crippen LogP contribution in [0.5, 0.6) is 11.5 Å². The molecule has 3 aromatic carbocycles. The summed E-state index contributed by atoms with van der Waals surface area (Å²) < 4.78 is 5.74. The lowest BCUT2D eigenvalue weighted by Crippen LogP contribution is -2.34. The van der Waals surface area contributed by atoms with Crippen molar-refractivity contribution in [2.45, 2.75) is 6.04 Å². The van der Waals surface area contributed by atoms with Crippen molar-refractivity contribution in [3.63, 3.8) is 0 Å². The van der Waals surface area contributed by atoms with Crippen molar-refractivity contribution in [2.75, 3.05) is 20.6 Å². The normalized spacial score (nSPS) is 11.7. The summed E-state index contributed by atoms with van der Waals surface area (Å²) >= 11 is 0. The van der Waals surface area contributed by atoms with Crippen molar-refractivity contribution in [1.82, 2.24) is 10.2 Å². The summed E-state index contributed by atoms with van der Waals surface area (Å²) in [4.78, 5) is 25.8. The minimum atomic E-state index is -0.485. The lowest BCUT2D eigenvalue weighted by atomic mass is 10.1. The Labute approximate surface area is 176 Å². The van der Waals surface area contributed by atoms with Crippen molar-refractivity contribution >= 4 is 11.8 Å². The second-order valence-electron chi connectivity index (χ2n) is 7.12. The number of rotatable bonds is 8. The van der Waals surface area contributed by atoms with E-state index in [9.17, 15) is 9.59 Å². The quantitative estimate of drug-likeness (QED) is 0.602. The molecule has 0 aliphatic rings. The van der Waals surface area contributed by atoms with Crippen molar-refractivity contribution in [1.29, 1.82) is 0 Å². The van der Waals surface area contributed by atoms with Gasteiger partial charge in [0, 0.05) is 17.7 Å². The first kappa shape index (κ1) is 21.1. The van der Waals surface area contributed by atoms with Crippen molar-refractivity contribution in [2.24, 2.45) is 5.73 Å². The lowest BCUT2D eigenvalue weighted by Gasteiger charge is -2.25. The number of carbonyl (C=O) groups excluding carboxylic acids is 2. The van der Waals surface area contributed by atoms with E-state index in [4.69, 9.17) is 10.5 Å². The summed E-state index contributed by atoms with van der Waals surface area (Å²) in [6.45, 7) is 0.500. The van der Waals surface area contributed by atoms with Gasteiger partial charge in [-0.15, -0.1) is 0 Å². The van der Waals surface area contributed by atoms with Gasteiger partial charge in [0.05, 0.1) is 6.04 Å². The van der Waals surface area contributed by atoms with Gasteiger partial charge < -0.3 is 20.7 Å². The highest BCUT2D eigenvalue weighted by molar-refractivity contribution is 5.94. The van der Waals surface area contributed by atoms with Crippen molar-refractivity contribution in [3.05, 3.63) is 95.6 Å². The molecular formula is C24H25N3O3. The van der Waals surface area contributed by atoms with Gasteiger partial charge in [-0.2, -0.15) is 0 Å². The van der Waals surface area contributed by atoms with Crippen LogP contribution in [0.3, 0.4) is 0 Å². The number of likely N-dealkylation sites (N-methyl/N-ethyl adjacent to an activating group) is 1. The van der Waals surface area contributed by atoms with Gasteiger partial charge in [-0.25, -0.2) is 0 Å². The van der Waals surface area contributed by atoms with E-state index < -0.39 is 5.91 Å². The molecule has 0 aromatic heterocycles. The third-order valence-corrected chi connectivity index (χ3v) is 4.75. The number of primary amides is 1. The first-order chi connectivity index (χ1) is 14.4. The fraction of sp³-hybridized carbons (Fsp3) is 0.167. The smallest absolute Gasteiger partial charge is 0.251 e. The molecule has 0 aliphatic carbocycles. The molecule has 1 unspecified atom stereocenters. The molecule has 0 bridgehead atoms. The highest BCUT2D eigenvalue weighted by atomic mass is 16.5. The molecular weight excluding hydrogens is 378 g/mol. The van der Waals surface area contributed by atoms with E-state index in [1.54, 1.807) is 48.5 Å². The van der Waals surface area contributed by atoms with Crippen LogP contribution in [-0.4, -0.2) is 37.4 Å². The largest absolute Gasteiger partial charge is 0.457 e. The van der Waals surface area contributed by atoms with Gasteiger partial charge >= 0.3 is 0 Å². The molecule has 3 N–H and O–H groups in total. The number of carbonyl (C=O) groups is 2. The lowest BCUT2D eigenvalue weighted by molar-refractivity contribution is 0.0940. The fourth-order valence-corrected chi connectivity index (χ4v) is 3.06. The fourth-order valence-electron chi connectivity index (χ4n) is 3.06. The number of amides is 2. The Balaban J connectivity index is 1.60. The summed E-state index contributed by atoms with van der Waals surface area (Å²) in [7, 11) is 3.98. The third kappa shape index (κ3) is 5.46. The van der Waals surface area contributed by atoms with Crippen LogP contribution in [0, 0.1) is 0 Å². The van der Waals surface area contributed by atoms with Gasteiger partial charge in [0.1, 0.15) is 11.5 Å². The minimum absolute atomic E-state index is 0.0844. The molecule has 0 saturated carbocycles. The number of nitrogens with two attached hydrogens (primary N) is 1. The first-order valence-corrected chi connectivity index (χ1v) is 9.61. The van der Waals surface area contributed by atoms with E-state index in [-0.39, 0.29) is 11.9 Å². The van der Waals surface area contributed by atoms with Gasteiger partial charge in [-0.05, 0) is 68.2 Å². The predicted molar refractivity (Wildman–Crippen MR) is 117 cm³/mol. The number of nitrogens with one attached hydrogen (secondary N) is 1. The number of hydrogen-bond donors (Lipinski definition) is 2. The van der Waals surface area contributed by atoms with Gasteiger partial charge in [0.25, 0.3) is 5.91 Å². The summed E-state index contributed by atoms with van der Waals surface area (Å²) in [6, 6.07) is 23.6. The van der Waals surface area contributed by atoms with Gasteiger partial charge in [-0.3, -0.25) is 9.59 Å². The van der Waals surface area contributed by atoms with E-state index in [1.165, 1.54) is 0 Å². The van der Waals surface area contributed by atoms with E-state index in [0.717, 1.165) is 5.56 Å². The first-order valence-electron chi connectivity index (χ1n) is 9.61. The molecule has 0 fully saturated rings. The van der Waals surface area contributed by atoms with E-state index in [1.807, 2.05) is 32.3 Å². The maximum Gasteiger partial charge on any atom is 0.251 e. The Morgan fingerprint density at radius 3 is 1.90 bits per heavy atom. The van der Waals surface area contributed by atoms with E-state index in [2.05, 4.69) is 22.3 Å². The molecule has 0 spiro atoms. The second kappa shape index (κ2) is 9.71. The zero-order valence-corrected chi connectivity index (χ0v) is 17.0. The molecule has 0 heterocycles. The van der Waals surface area contributed by atoms with Crippen molar-refractivity contribution in [3.8, 4) is 11.5 Å². The van der Waals surface area contributed by atoms with Crippen LogP contribution in [0.15, 0.2) is 78.9 Å². The molecule has 1 atom stereocenters. The third-order valence-electron chi connectivity index (χ3n) is 4.75. The Kier molecular flexibility index (Phi) is 6.83. The summed E-state index contributed by atoms with van der Waals surface area (Å²) in [5, 5.41) is 3.00. The number of hydrogen-bond acceptors (Lipinski definition) is 4. The van der Waals surface area contributed by atoms with Crippen LogP contribution in [0.1, 0.15) is 32.3 Å². The molecule has 0 aliphatic heterocycles. The Morgan fingerprint density at radius 2 is 1.40 bits per heavy atom. The van der Waals surface area contributed by atoms with Gasteiger partial charge in [-0.1, -0.05) is 30.3 Å². The zero-order valence-electron chi connectivity index (χ0n) is 17.0. The number of benzene rings is 3. The molecule has 30 heavy (non-hydrogen) atoms. The molecule has 0 radical (unpaired) electrons. The van der Waals surface area contributed by atoms with Crippen LogP contribution in [0.4, 0.5) is 0 Å². The van der Waals surface area contributed by atoms with Gasteiger partial charge in [0.2, 0.25) is 5.91 Å². The average molecular weight is 403 g/mol. The molecule has 6 nitrogen and oxygen atoms in total. The number of nitrogens with zero attached hydrogens (tertiary/aromatic N) is 1. The minimum Gasteiger partial charge on any atom is -0.457 e. The monoisotopic (exact) mass is 403 g/mol. The molecule has 2 amide bonds. The molecule has 154 valence electrons. The van der Waals surface area contributed by atoms with Crippen LogP contribution in [0.2, 0.25) is 0 Å². The summed E-state index contributed by atoms with van der Waals surface area (Å²) in [6.07, 6.45) is 0. The Hall–Kier alpha value is -3.64. The Bertz CT molecular complexity index is 984. The predicted octanol–water partition coefficient (Wildman–Crippen LogP) is 3.61. The SMILES string of the molecule is CN(C)C(CNC(=O)c1ccc(Oc2ccc(C(N)=O)cc2)cc1)c1ccccc1. The van der Waals surface area contributed by atoms with Crippen LogP contribution >= 0.6 is 0 Å². The second-order valence-corrected chi connectivity index (χ2v) is 7.12. The molecule has 3 aromatic rings. The summed E-state index contributed by atoms with van der Waals surface area (Å²) in [5.74, 6) is 0.540. The maximum atomic E-state index is 12.6. The highest BCUT2D eigenvalue weighted by Crippen LogP contribution is 2.22. The molecule has 3 rings (SSSR count). The van der Waals surface area contributed by atoms with Gasteiger partial charge in [0.15, 0.2) is 0 Å². The molecule has 6 heteroatoms. The number of ether oxygens (including phenoxy) is 1. The standard InChI is InChI=1S/C24H25N3O3/c1-27(2)22(17-6-4-3-5-7-17)16-26-24(29)19-10-14-21(15-11-19)30-20-12-8-18(9-13-20)23(25)28/h3-15,22H,16H2,1-2H3,(H2,25,28)(H,26,29).